The zero-order valence-electron chi connectivity index (χ0n) is 19.3. The van der Waals surface area contributed by atoms with Gasteiger partial charge in [0.2, 0.25) is 0 Å². The van der Waals surface area contributed by atoms with E-state index in [0.717, 1.165) is 41.1 Å². The van der Waals surface area contributed by atoms with Crippen LogP contribution in [-0.4, -0.2) is 41.6 Å². The molecular formula is C26H34FNO4. The van der Waals surface area contributed by atoms with E-state index >= 15 is 4.39 Å². The average Bonchev–Trinajstić information content (AvgIpc) is 3.48. The van der Waals surface area contributed by atoms with Crippen molar-refractivity contribution in [2.45, 2.75) is 70.8 Å². The van der Waals surface area contributed by atoms with Gasteiger partial charge in [-0.1, -0.05) is 13.8 Å². The highest BCUT2D eigenvalue weighted by Crippen LogP contribution is 2.65. The number of amides is 1. The molecule has 5 aliphatic carbocycles. The van der Waals surface area contributed by atoms with Gasteiger partial charge in [-0.3, -0.25) is 4.79 Å². The van der Waals surface area contributed by atoms with Gasteiger partial charge in [0.1, 0.15) is 17.6 Å². The summed E-state index contributed by atoms with van der Waals surface area (Å²) in [5, 5.41) is 9.54. The Bertz CT molecular complexity index is 926. The molecule has 5 nitrogen and oxygen atoms in total. The van der Waals surface area contributed by atoms with Crippen LogP contribution in [0, 0.1) is 34.9 Å². The number of carboxylic acid groups (broad SMARTS) is 1. The van der Waals surface area contributed by atoms with Crippen LogP contribution in [0.4, 0.5) is 4.39 Å². The Morgan fingerprint density at radius 3 is 2.41 bits per heavy atom. The van der Waals surface area contributed by atoms with Crippen LogP contribution in [0.2, 0.25) is 0 Å². The lowest BCUT2D eigenvalue weighted by atomic mass is 9.76. The third kappa shape index (κ3) is 3.60. The van der Waals surface area contributed by atoms with Crippen molar-refractivity contribution in [3.05, 3.63) is 29.1 Å². The van der Waals surface area contributed by atoms with Gasteiger partial charge in [-0.25, -0.2) is 9.18 Å². The minimum atomic E-state index is -1.08. The van der Waals surface area contributed by atoms with Crippen LogP contribution in [0.25, 0.3) is 0 Å². The summed E-state index contributed by atoms with van der Waals surface area (Å²) >= 11 is 0. The van der Waals surface area contributed by atoms with Crippen molar-refractivity contribution in [3.8, 4) is 5.75 Å². The third-order valence-electron chi connectivity index (χ3n) is 8.64. The summed E-state index contributed by atoms with van der Waals surface area (Å²) in [6.45, 7) is 4.13. The minimum absolute atomic E-state index is 0.0623. The molecule has 174 valence electrons. The van der Waals surface area contributed by atoms with Gasteiger partial charge in [-0.15, -0.1) is 0 Å². The maximum absolute atomic E-state index is 15.2. The second-order valence-corrected chi connectivity index (χ2v) is 11.3. The lowest BCUT2D eigenvalue weighted by Gasteiger charge is -2.33. The SMILES string of the molecule is CC(C)[C@@H](C(=O)O)N(C)C(=O)c1cc(C2CC2)c(OCC23CC4CC(CC2C4)C3)cc1F. The van der Waals surface area contributed by atoms with Crippen LogP contribution in [0.5, 0.6) is 5.75 Å². The number of halogens is 1. The summed E-state index contributed by atoms with van der Waals surface area (Å²) in [6, 6.07) is 1.99. The number of ether oxygens (including phenoxy) is 1. The molecule has 0 radical (unpaired) electrons. The van der Waals surface area contributed by atoms with Gasteiger partial charge in [-0.05, 0) is 86.2 Å². The quantitative estimate of drug-likeness (QED) is 0.608. The molecule has 0 heterocycles. The van der Waals surface area contributed by atoms with E-state index < -0.39 is 23.7 Å². The number of benzene rings is 1. The molecule has 6 heteroatoms. The smallest absolute Gasteiger partial charge is 0.326 e. The van der Waals surface area contributed by atoms with Gasteiger partial charge in [0, 0.05) is 18.5 Å². The minimum Gasteiger partial charge on any atom is -0.493 e. The monoisotopic (exact) mass is 443 g/mol. The maximum Gasteiger partial charge on any atom is 0.326 e. The van der Waals surface area contributed by atoms with Gasteiger partial charge in [-0.2, -0.15) is 0 Å². The fraction of sp³-hybridized carbons (Fsp3) is 0.692. The topological polar surface area (TPSA) is 66.8 Å². The molecule has 1 amide bonds. The maximum atomic E-state index is 15.2. The molecule has 0 spiro atoms. The summed E-state index contributed by atoms with van der Waals surface area (Å²) in [7, 11) is 1.44. The van der Waals surface area contributed by atoms with Crippen LogP contribution in [0.1, 0.15) is 80.6 Å². The first-order valence-corrected chi connectivity index (χ1v) is 12.1. The highest BCUT2D eigenvalue weighted by Gasteiger charge is 2.58. The van der Waals surface area contributed by atoms with Crippen LogP contribution in [0.3, 0.4) is 0 Å². The Morgan fingerprint density at radius 1 is 1.19 bits per heavy atom. The van der Waals surface area contributed by atoms with E-state index in [1.54, 1.807) is 19.9 Å². The number of carbonyl (C=O) groups excluding carboxylic acids is 1. The molecule has 6 rings (SSSR count). The van der Waals surface area contributed by atoms with E-state index in [2.05, 4.69) is 0 Å². The zero-order valence-corrected chi connectivity index (χ0v) is 19.3. The number of likely N-dealkylation sites (N-methyl/N-ethyl adjacent to an activating group) is 1. The van der Waals surface area contributed by atoms with Gasteiger partial charge < -0.3 is 14.7 Å². The first-order chi connectivity index (χ1) is 15.2. The Hall–Kier alpha value is -2.11. The lowest BCUT2D eigenvalue weighted by molar-refractivity contribution is -0.143. The predicted octanol–water partition coefficient (Wildman–Crippen LogP) is 5.09. The molecule has 0 aromatic heterocycles. The van der Waals surface area contributed by atoms with E-state index in [1.807, 2.05) is 0 Å². The molecule has 32 heavy (non-hydrogen) atoms. The second kappa shape index (κ2) is 7.74. The van der Waals surface area contributed by atoms with E-state index in [-0.39, 0.29) is 22.8 Å². The van der Waals surface area contributed by atoms with Crippen LogP contribution in [-0.2, 0) is 4.79 Å². The number of rotatable bonds is 8. The van der Waals surface area contributed by atoms with Crippen molar-refractivity contribution < 1.29 is 23.8 Å². The Labute approximate surface area is 189 Å². The molecule has 5 saturated carbocycles. The molecule has 1 aromatic rings. The van der Waals surface area contributed by atoms with Crippen LogP contribution in [0.15, 0.2) is 12.1 Å². The fourth-order valence-electron chi connectivity index (χ4n) is 7.21. The van der Waals surface area contributed by atoms with Crippen molar-refractivity contribution in [3.63, 3.8) is 0 Å². The fourth-order valence-corrected chi connectivity index (χ4v) is 7.21. The average molecular weight is 444 g/mol. The van der Waals surface area contributed by atoms with Crippen LogP contribution < -0.4 is 4.74 Å². The summed E-state index contributed by atoms with van der Waals surface area (Å²) in [4.78, 5) is 25.9. The van der Waals surface area contributed by atoms with Crippen molar-refractivity contribution in [2.24, 2.45) is 29.1 Å². The van der Waals surface area contributed by atoms with E-state index in [1.165, 1.54) is 45.2 Å². The van der Waals surface area contributed by atoms with E-state index in [0.29, 0.717) is 12.4 Å². The first-order valence-electron chi connectivity index (χ1n) is 12.1. The molecule has 0 aliphatic heterocycles. The van der Waals surface area contributed by atoms with Gasteiger partial charge in [0.25, 0.3) is 5.91 Å². The molecular weight excluding hydrogens is 409 g/mol. The number of carboxylic acids is 1. The Kier molecular flexibility index (Phi) is 5.25. The molecule has 1 N–H and O–H groups in total. The lowest BCUT2D eigenvalue weighted by Crippen LogP contribution is -2.45. The number of aliphatic carboxylic acids is 1. The summed E-state index contributed by atoms with van der Waals surface area (Å²) in [6.07, 6.45) is 8.51. The highest BCUT2D eigenvalue weighted by molar-refractivity contribution is 5.97. The normalized spacial score (nSPS) is 31.2. The van der Waals surface area contributed by atoms with Crippen molar-refractivity contribution >= 4 is 11.9 Å². The zero-order chi connectivity index (χ0) is 22.8. The van der Waals surface area contributed by atoms with Crippen LogP contribution >= 0.6 is 0 Å². The van der Waals surface area contributed by atoms with Gasteiger partial charge in [0.15, 0.2) is 0 Å². The second-order valence-electron chi connectivity index (χ2n) is 11.3. The molecule has 4 bridgehead atoms. The van der Waals surface area contributed by atoms with E-state index in [4.69, 9.17) is 4.74 Å². The van der Waals surface area contributed by atoms with Gasteiger partial charge in [0.05, 0.1) is 12.2 Å². The number of nitrogens with zero attached hydrogens (tertiary/aromatic N) is 1. The van der Waals surface area contributed by atoms with Crippen molar-refractivity contribution in [2.75, 3.05) is 13.7 Å². The summed E-state index contributed by atoms with van der Waals surface area (Å²) < 4.78 is 21.5. The predicted molar refractivity (Wildman–Crippen MR) is 118 cm³/mol. The molecule has 3 atom stereocenters. The standard InChI is InChI=1S/C26H34FNO4/c1-14(2)23(25(30)31)28(3)24(29)20-9-19(17-4-5-17)22(10-21(20)27)32-13-26-11-15-6-16(12-26)8-18(26)7-15/h9-10,14-18,23H,4-8,11-13H2,1-3H3,(H,30,31)/t15?,16?,18?,23-,26?/m0/s1. The molecule has 0 saturated heterocycles. The Balaban J connectivity index is 1.38. The summed E-state index contributed by atoms with van der Waals surface area (Å²) in [5.41, 5.74) is 1.09. The highest BCUT2D eigenvalue weighted by atomic mass is 19.1. The Morgan fingerprint density at radius 2 is 1.84 bits per heavy atom. The third-order valence-corrected chi connectivity index (χ3v) is 8.64. The molecule has 2 unspecified atom stereocenters. The van der Waals surface area contributed by atoms with Crippen molar-refractivity contribution in [1.82, 2.24) is 4.90 Å². The van der Waals surface area contributed by atoms with E-state index in [9.17, 15) is 14.7 Å². The number of hydrogen-bond acceptors (Lipinski definition) is 3. The number of carbonyl (C=O) groups is 2. The molecule has 5 fully saturated rings. The van der Waals surface area contributed by atoms with Gasteiger partial charge >= 0.3 is 5.97 Å². The summed E-state index contributed by atoms with van der Waals surface area (Å²) in [5.74, 6) is 0.694. The molecule has 5 aliphatic rings. The molecule has 1 aromatic carbocycles. The largest absolute Gasteiger partial charge is 0.493 e. The first kappa shape index (κ1) is 21.7. The van der Waals surface area contributed by atoms with Crippen molar-refractivity contribution in [1.29, 1.82) is 0 Å². The number of hydrogen-bond donors (Lipinski definition) is 1.